The highest BCUT2D eigenvalue weighted by molar-refractivity contribution is 6.06. The van der Waals surface area contributed by atoms with Gasteiger partial charge >= 0.3 is 5.97 Å². The van der Waals surface area contributed by atoms with Crippen LogP contribution in [0.5, 0.6) is 0 Å². The zero-order valence-corrected chi connectivity index (χ0v) is 15.2. The van der Waals surface area contributed by atoms with Gasteiger partial charge in [-0.3, -0.25) is 9.59 Å². The number of para-hydroxylation sites is 2. The van der Waals surface area contributed by atoms with E-state index in [2.05, 4.69) is 4.90 Å². The number of ketones is 1. The molecule has 4 heteroatoms. The molecule has 0 amide bonds. The van der Waals surface area contributed by atoms with E-state index < -0.39 is 5.97 Å². The molecule has 0 unspecified atom stereocenters. The second-order valence-corrected chi connectivity index (χ2v) is 5.96. The van der Waals surface area contributed by atoms with Crippen molar-refractivity contribution in [3.05, 3.63) is 90.5 Å². The molecule has 0 fully saturated rings. The van der Waals surface area contributed by atoms with E-state index >= 15 is 0 Å². The van der Waals surface area contributed by atoms with Crippen molar-refractivity contribution in [2.24, 2.45) is 0 Å². The van der Waals surface area contributed by atoms with Gasteiger partial charge in [-0.25, -0.2) is 0 Å². The molecule has 0 aromatic heterocycles. The number of rotatable bonds is 7. The lowest BCUT2D eigenvalue weighted by Gasteiger charge is -2.25. The van der Waals surface area contributed by atoms with Crippen LogP contribution in [0.25, 0.3) is 0 Å². The predicted octanol–water partition coefficient (Wildman–Crippen LogP) is 5.29. The predicted molar refractivity (Wildman–Crippen MR) is 107 cm³/mol. The van der Waals surface area contributed by atoms with Gasteiger partial charge in [-0.05, 0) is 55.5 Å². The molecule has 0 heterocycles. The van der Waals surface area contributed by atoms with Crippen molar-refractivity contribution >= 4 is 28.8 Å². The molecule has 27 heavy (non-hydrogen) atoms. The summed E-state index contributed by atoms with van der Waals surface area (Å²) < 4.78 is 4.84. The fourth-order valence-corrected chi connectivity index (χ4v) is 2.84. The van der Waals surface area contributed by atoms with Gasteiger partial charge < -0.3 is 9.64 Å². The topological polar surface area (TPSA) is 46.6 Å². The van der Waals surface area contributed by atoms with Crippen molar-refractivity contribution in [2.75, 3.05) is 11.5 Å². The number of Topliss-reactive ketones (excluding diaryl/α,β-unsaturated/α-hetero) is 1. The Bertz CT molecular complexity index is 850. The van der Waals surface area contributed by atoms with E-state index in [1.165, 1.54) is 0 Å². The van der Waals surface area contributed by atoms with Gasteiger partial charge in [0.25, 0.3) is 0 Å². The molecule has 0 radical (unpaired) electrons. The van der Waals surface area contributed by atoms with E-state index in [-0.39, 0.29) is 18.8 Å². The Hall–Kier alpha value is -3.40. The lowest BCUT2D eigenvalue weighted by Crippen LogP contribution is -2.12. The summed E-state index contributed by atoms with van der Waals surface area (Å²) in [5.41, 5.74) is 3.47. The second-order valence-electron chi connectivity index (χ2n) is 5.96. The highest BCUT2D eigenvalue weighted by atomic mass is 16.5. The molecule has 0 bridgehead atoms. The zero-order valence-electron chi connectivity index (χ0n) is 15.2. The Morgan fingerprint density at radius 2 is 1.22 bits per heavy atom. The minimum absolute atomic E-state index is 0.242. The molecule has 0 aliphatic rings. The number of carbonyl (C=O) groups excluding carboxylic acids is 2. The molecule has 136 valence electrons. The van der Waals surface area contributed by atoms with Gasteiger partial charge in [0.05, 0.1) is 6.61 Å². The number of ether oxygens (including phenoxy) is 1. The first-order valence-electron chi connectivity index (χ1n) is 8.88. The molecule has 0 aliphatic carbocycles. The highest BCUT2D eigenvalue weighted by Gasteiger charge is 2.15. The van der Waals surface area contributed by atoms with Crippen molar-refractivity contribution in [3.8, 4) is 0 Å². The molecule has 0 atom stereocenters. The van der Waals surface area contributed by atoms with Gasteiger partial charge in [-0.1, -0.05) is 36.4 Å². The summed E-state index contributed by atoms with van der Waals surface area (Å²) >= 11 is 0. The van der Waals surface area contributed by atoms with Gasteiger partial charge in [-0.15, -0.1) is 0 Å². The number of hydrogen-bond acceptors (Lipinski definition) is 4. The molecule has 4 nitrogen and oxygen atoms in total. The summed E-state index contributed by atoms with van der Waals surface area (Å²) in [5, 5.41) is 0. The maximum Gasteiger partial charge on any atom is 0.313 e. The van der Waals surface area contributed by atoms with Crippen LogP contribution in [0.3, 0.4) is 0 Å². The molecule has 3 aromatic carbocycles. The molecule has 0 spiro atoms. The van der Waals surface area contributed by atoms with Gasteiger partial charge in [0.15, 0.2) is 5.78 Å². The van der Waals surface area contributed by atoms with E-state index in [1.807, 2.05) is 72.8 Å². The van der Waals surface area contributed by atoms with E-state index in [0.717, 1.165) is 17.1 Å². The van der Waals surface area contributed by atoms with Crippen LogP contribution >= 0.6 is 0 Å². The summed E-state index contributed by atoms with van der Waals surface area (Å²) in [7, 11) is 0. The van der Waals surface area contributed by atoms with Gasteiger partial charge in [0.2, 0.25) is 0 Å². The number of nitrogens with zero attached hydrogens (tertiary/aromatic N) is 1. The first kappa shape index (κ1) is 18.4. The van der Waals surface area contributed by atoms with Gasteiger partial charge in [0.1, 0.15) is 6.42 Å². The number of benzene rings is 3. The summed E-state index contributed by atoms with van der Waals surface area (Å²) in [6, 6.07) is 27.3. The van der Waals surface area contributed by atoms with Gasteiger partial charge in [0, 0.05) is 22.6 Å². The van der Waals surface area contributed by atoms with E-state index in [1.54, 1.807) is 19.1 Å². The average Bonchev–Trinajstić information content (AvgIpc) is 2.70. The Morgan fingerprint density at radius 3 is 1.70 bits per heavy atom. The normalized spacial score (nSPS) is 10.3. The van der Waals surface area contributed by atoms with E-state index in [0.29, 0.717) is 5.56 Å². The monoisotopic (exact) mass is 359 g/mol. The minimum atomic E-state index is -0.498. The van der Waals surface area contributed by atoms with E-state index in [4.69, 9.17) is 4.74 Å². The second kappa shape index (κ2) is 8.81. The number of anilines is 3. The summed E-state index contributed by atoms with van der Waals surface area (Å²) in [5.74, 6) is -0.743. The van der Waals surface area contributed by atoms with Crippen LogP contribution in [-0.4, -0.2) is 18.4 Å². The van der Waals surface area contributed by atoms with Crippen LogP contribution < -0.4 is 4.90 Å². The van der Waals surface area contributed by atoms with Gasteiger partial charge in [-0.2, -0.15) is 0 Å². The maximum atomic E-state index is 12.2. The minimum Gasteiger partial charge on any atom is -0.466 e. The van der Waals surface area contributed by atoms with Crippen LogP contribution in [0.1, 0.15) is 23.7 Å². The lowest BCUT2D eigenvalue weighted by molar-refractivity contribution is -0.141. The fourth-order valence-electron chi connectivity index (χ4n) is 2.84. The Labute approximate surface area is 159 Å². The van der Waals surface area contributed by atoms with Crippen molar-refractivity contribution in [1.29, 1.82) is 0 Å². The lowest BCUT2D eigenvalue weighted by atomic mass is 10.1. The van der Waals surface area contributed by atoms with Crippen molar-refractivity contribution in [1.82, 2.24) is 0 Å². The summed E-state index contributed by atoms with van der Waals surface area (Å²) in [4.78, 5) is 25.9. The first-order valence-corrected chi connectivity index (χ1v) is 8.88. The Morgan fingerprint density at radius 1 is 0.741 bits per heavy atom. The van der Waals surface area contributed by atoms with E-state index in [9.17, 15) is 9.59 Å². The first-order chi connectivity index (χ1) is 13.2. The van der Waals surface area contributed by atoms with Crippen molar-refractivity contribution in [3.63, 3.8) is 0 Å². The molecule has 0 aliphatic heterocycles. The zero-order chi connectivity index (χ0) is 19.1. The molecule has 3 rings (SSSR count). The number of esters is 1. The third-order valence-corrected chi connectivity index (χ3v) is 4.09. The maximum absolute atomic E-state index is 12.2. The molecule has 0 N–H and O–H groups in total. The Balaban J connectivity index is 1.88. The SMILES string of the molecule is CCOC(=O)CC(=O)c1ccc(N(c2ccccc2)c2ccccc2)cc1. The van der Waals surface area contributed by atoms with Crippen LogP contribution in [0.15, 0.2) is 84.9 Å². The van der Waals surface area contributed by atoms with Crippen molar-refractivity contribution < 1.29 is 14.3 Å². The third kappa shape index (κ3) is 4.61. The van der Waals surface area contributed by atoms with Crippen LogP contribution in [0, 0.1) is 0 Å². The average molecular weight is 359 g/mol. The largest absolute Gasteiger partial charge is 0.466 e. The quantitative estimate of drug-likeness (QED) is 0.327. The fraction of sp³-hybridized carbons (Fsp3) is 0.130. The molecule has 0 saturated carbocycles. The molecule has 0 saturated heterocycles. The summed E-state index contributed by atoms with van der Waals surface area (Å²) in [6.45, 7) is 1.99. The molecular formula is C23H21NO3. The smallest absolute Gasteiger partial charge is 0.313 e. The Kier molecular flexibility index (Phi) is 6.00. The molecular weight excluding hydrogens is 338 g/mol. The number of carbonyl (C=O) groups is 2. The third-order valence-electron chi connectivity index (χ3n) is 4.09. The van der Waals surface area contributed by atoms with Crippen molar-refractivity contribution in [2.45, 2.75) is 13.3 Å². The van der Waals surface area contributed by atoms with Crippen LogP contribution in [0.2, 0.25) is 0 Å². The standard InChI is InChI=1S/C23H21NO3/c1-2-27-23(26)17-22(25)18-13-15-21(16-14-18)24(19-9-5-3-6-10-19)20-11-7-4-8-12-20/h3-16H,2,17H2,1H3. The molecule has 3 aromatic rings. The van der Waals surface area contributed by atoms with Crippen LogP contribution in [-0.2, 0) is 9.53 Å². The summed E-state index contributed by atoms with van der Waals surface area (Å²) in [6.07, 6.45) is -0.242. The number of hydrogen-bond donors (Lipinski definition) is 0. The van der Waals surface area contributed by atoms with Crippen LogP contribution in [0.4, 0.5) is 17.1 Å². The highest BCUT2D eigenvalue weighted by Crippen LogP contribution is 2.34.